The molecule has 2 atom stereocenters. The molecule has 18 heavy (non-hydrogen) atoms. The molecular weight excluding hydrogens is 248 g/mol. The highest BCUT2D eigenvalue weighted by molar-refractivity contribution is 6.30. The molecule has 1 aliphatic rings. The van der Waals surface area contributed by atoms with Gasteiger partial charge >= 0.3 is 0 Å². The Bertz CT molecular complexity index is 436. The van der Waals surface area contributed by atoms with Gasteiger partial charge in [-0.1, -0.05) is 30.7 Å². The summed E-state index contributed by atoms with van der Waals surface area (Å²) in [5, 5.41) is 0.774. The standard InChI is InChI=1S/C14H19ClN2O/c1-10(11-3-2-4-13(15)7-11)8-17-6-5-12(9-17)14(16)18/h2-4,7,10,12H,5-6,8-9H2,1H3,(H2,16,18)/t10-,12+/m1/s1. The predicted octanol–water partition coefficient (Wildman–Crippen LogP) is 2.25. The summed E-state index contributed by atoms with van der Waals surface area (Å²) < 4.78 is 0. The lowest BCUT2D eigenvalue weighted by Gasteiger charge is -2.21. The number of halogens is 1. The molecule has 0 bridgehead atoms. The Balaban J connectivity index is 1.92. The van der Waals surface area contributed by atoms with Crippen molar-refractivity contribution >= 4 is 17.5 Å². The Morgan fingerprint density at radius 1 is 1.61 bits per heavy atom. The third kappa shape index (κ3) is 3.24. The minimum absolute atomic E-state index is 0.0246. The van der Waals surface area contributed by atoms with E-state index < -0.39 is 0 Å². The maximum absolute atomic E-state index is 11.1. The lowest BCUT2D eigenvalue weighted by molar-refractivity contribution is -0.121. The summed E-state index contributed by atoms with van der Waals surface area (Å²) in [6, 6.07) is 7.97. The van der Waals surface area contributed by atoms with Crippen molar-refractivity contribution < 1.29 is 4.79 Å². The van der Waals surface area contributed by atoms with Crippen molar-refractivity contribution in [2.24, 2.45) is 11.7 Å². The molecule has 0 aromatic heterocycles. The largest absolute Gasteiger partial charge is 0.369 e. The average Bonchev–Trinajstić information content (AvgIpc) is 2.77. The second-order valence-electron chi connectivity index (χ2n) is 5.10. The van der Waals surface area contributed by atoms with E-state index in [9.17, 15) is 4.79 Å². The fraction of sp³-hybridized carbons (Fsp3) is 0.500. The maximum Gasteiger partial charge on any atom is 0.221 e. The van der Waals surface area contributed by atoms with Crippen LogP contribution in [0.25, 0.3) is 0 Å². The normalized spacial score (nSPS) is 22.0. The molecule has 0 unspecified atom stereocenters. The van der Waals surface area contributed by atoms with Gasteiger partial charge in [0.1, 0.15) is 0 Å². The number of carbonyl (C=O) groups excluding carboxylic acids is 1. The number of carbonyl (C=O) groups is 1. The third-order valence-electron chi connectivity index (χ3n) is 3.62. The fourth-order valence-corrected chi connectivity index (χ4v) is 2.74. The molecule has 1 fully saturated rings. The fourth-order valence-electron chi connectivity index (χ4n) is 2.54. The predicted molar refractivity (Wildman–Crippen MR) is 73.6 cm³/mol. The maximum atomic E-state index is 11.1. The Morgan fingerprint density at radius 3 is 3.00 bits per heavy atom. The monoisotopic (exact) mass is 266 g/mol. The topological polar surface area (TPSA) is 46.3 Å². The molecule has 3 nitrogen and oxygen atoms in total. The van der Waals surface area contributed by atoms with E-state index in [-0.39, 0.29) is 11.8 Å². The van der Waals surface area contributed by atoms with E-state index in [1.54, 1.807) is 0 Å². The lowest BCUT2D eigenvalue weighted by atomic mass is 10.0. The molecule has 1 heterocycles. The summed E-state index contributed by atoms with van der Waals surface area (Å²) in [5.74, 6) is 0.264. The van der Waals surface area contributed by atoms with Gasteiger partial charge in [0.25, 0.3) is 0 Å². The zero-order valence-corrected chi connectivity index (χ0v) is 11.4. The minimum Gasteiger partial charge on any atom is -0.369 e. The molecule has 1 saturated heterocycles. The quantitative estimate of drug-likeness (QED) is 0.909. The van der Waals surface area contributed by atoms with Crippen molar-refractivity contribution in [3.63, 3.8) is 0 Å². The van der Waals surface area contributed by atoms with Gasteiger partial charge in [0, 0.05) is 18.1 Å². The van der Waals surface area contributed by atoms with Crippen LogP contribution in [0.3, 0.4) is 0 Å². The van der Waals surface area contributed by atoms with Gasteiger partial charge in [-0.2, -0.15) is 0 Å². The molecular formula is C14H19ClN2O. The van der Waals surface area contributed by atoms with Gasteiger partial charge in [0.15, 0.2) is 0 Å². The third-order valence-corrected chi connectivity index (χ3v) is 3.86. The average molecular weight is 267 g/mol. The molecule has 1 aliphatic heterocycles. The van der Waals surface area contributed by atoms with Crippen LogP contribution in [0, 0.1) is 5.92 Å². The van der Waals surface area contributed by atoms with E-state index in [1.165, 1.54) is 5.56 Å². The van der Waals surface area contributed by atoms with Crippen molar-refractivity contribution in [2.45, 2.75) is 19.3 Å². The number of primary amides is 1. The summed E-state index contributed by atoms with van der Waals surface area (Å²) in [5.41, 5.74) is 6.58. The van der Waals surface area contributed by atoms with Crippen LogP contribution in [-0.2, 0) is 4.79 Å². The van der Waals surface area contributed by atoms with Crippen molar-refractivity contribution in [3.8, 4) is 0 Å². The summed E-state index contributed by atoms with van der Waals surface area (Å²) in [6.45, 7) is 4.88. The molecule has 2 N–H and O–H groups in total. The first-order valence-electron chi connectivity index (χ1n) is 6.33. The van der Waals surface area contributed by atoms with Crippen LogP contribution >= 0.6 is 11.6 Å². The van der Waals surface area contributed by atoms with E-state index in [2.05, 4.69) is 17.9 Å². The highest BCUT2D eigenvalue weighted by atomic mass is 35.5. The molecule has 2 rings (SSSR count). The summed E-state index contributed by atoms with van der Waals surface area (Å²) >= 11 is 6.00. The van der Waals surface area contributed by atoms with Crippen LogP contribution in [0.15, 0.2) is 24.3 Å². The summed E-state index contributed by atoms with van der Waals surface area (Å²) in [7, 11) is 0. The molecule has 1 aromatic rings. The van der Waals surface area contributed by atoms with E-state index in [0.29, 0.717) is 5.92 Å². The van der Waals surface area contributed by atoms with Crippen molar-refractivity contribution in [2.75, 3.05) is 19.6 Å². The summed E-state index contributed by atoms with van der Waals surface area (Å²) in [6.07, 6.45) is 0.887. The van der Waals surface area contributed by atoms with Crippen LogP contribution < -0.4 is 5.73 Å². The van der Waals surface area contributed by atoms with Gasteiger partial charge in [0.2, 0.25) is 5.91 Å². The van der Waals surface area contributed by atoms with Gasteiger partial charge in [-0.25, -0.2) is 0 Å². The van der Waals surface area contributed by atoms with Crippen LogP contribution in [0.2, 0.25) is 5.02 Å². The Morgan fingerprint density at radius 2 is 2.39 bits per heavy atom. The molecule has 0 saturated carbocycles. The number of benzene rings is 1. The lowest BCUT2D eigenvalue weighted by Crippen LogP contribution is -2.29. The van der Waals surface area contributed by atoms with Gasteiger partial charge in [-0.15, -0.1) is 0 Å². The molecule has 98 valence electrons. The van der Waals surface area contributed by atoms with Crippen molar-refractivity contribution in [1.82, 2.24) is 4.90 Å². The van der Waals surface area contributed by atoms with E-state index in [4.69, 9.17) is 17.3 Å². The van der Waals surface area contributed by atoms with Crippen LogP contribution in [0.5, 0.6) is 0 Å². The van der Waals surface area contributed by atoms with Crippen molar-refractivity contribution in [1.29, 1.82) is 0 Å². The second-order valence-corrected chi connectivity index (χ2v) is 5.54. The van der Waals surface area contributed by atoms with E-state index >= 15 is 0 Å². The molecule has 0 spiro atoms. The first-order chi connectivity index (χ1) is 8.56. The number of nitrogens with two attached hydrogens (primary N) is 1. The van der Waals surface area contributed by atoms with Gasteiger partial charge in [-0.3, -0.25) is 4.79 Å². The van der Waals surface area contributed by atoms with E-state index in [1.807, 2.05) is 18.2 Å². The van der Waals surface area contributed by atoms with E-state index in [0.717, 1.165) is 31.1 Å². The number of rotatable bonds is 4. The first kappa shape index (κ1) is 13.4. The highest BCUT2D eigenvalue weighted by Gasteiger charge is 2.27. The molecule has 0 radical (unpaired) electrons. The minimum atomic E-state index is -0.173. The SMILES string of the molecule is C[C@H](CN1CC[C@H](C(N)=O)C1)c1cccc(Cl)c1. The molecule has 1 aromatic carbocycles. The molecule has 0 aliphatic carbocycles. The van der Waals surface area contributed by atoms with Gasteiger partial charge in [-0.05, 0) is 36.6 Å². The zero-order chi connectivity index (χ0) is 13.1. The number of hydrogen-bond donors (Lipinski definition) is 1. The molecule has 1 amide bonds. The number of hydrogen-bond acceptors (Lipinski definition) is 2. The second kappa shape index (κ2) is 5.72. The van der Waals surface area contributed by atoms with Crippen molar-refractivity contribution in [3.05, 3.63) is 34.9 Å². The Kier molecular flexibility index (Phi) is 4.25. The first-order valence-corrected chi connectivity index (χ1v) is 6.71. The van der Waals surface area contributed by atoms with Crippen LogP contribution in [0.4, 0.5) is 0 Å². The highest BCUT2D eigenvalue weighted by Crippen LogP contribution is 2.23. The number of likely N-dealkylation sites (tertiary alicyclic amines) is 1. The summed E-state index contributed by atoms with van der Waals surface area (Å²) in [4.78, 5) is 13.4. The van der Waals surface area contributed by atoms with Crippen LogP contribution in [0.1, 0.15) is 24.8 Å². The number of nitrogens with zero attached hydrogens (tertiary/aromatic N) is 1. The van der Waals surface area contributed by atoms with Gasteiger partial charge < -0.3 is 10.6 Å². The van der Waals surface area contributed by atoms with Crippen LogP contribution in [-0.4, -0.2) is 30.4 Å². The van der Waals surface area contributed by atoms with Gasteiger partial charge in [0.05, 0.1) is 5.92 Å². The zero-order valence-electron chi connectivity index (χ0n) is 10.6. The number of amides is 1. The Hall–Kier alpha value is -1.06. The smallest absolute Gasteiger partial charge is 0.221 e. The Labute approximate surface area is 113 Å². The molecule has 4 heteroatoms.